The zero-order chi connectivity index (χ0) is 11.1. The van der Waals surface area contributed by atoms with E-state index in [2.05, 4.69) is 5.32 Å². The highest BCUT2D eigenvalue weighted by atomic mass is 16.5. The second kappa shape index (κ2) is 6.03. The number of hydrogen-bond acceptors (Lipinski definition) is 3. The number of para-hydroxylation sites is 1. The van der Waals surface area contributed by atoms with Crippen LogP contribution in [0.25, 0.3) is 0 Å². The van der Waals surface area contributed by atoms with Gasteiger partial charge in [0.2, 0.25) is 0 Å². The molecule has 0 heterocycles. The van der Waals surface area contributed by atoms with Crippen molar-refractivity contribution in [1.82, 2.24) is 5.32 Å². The molecule has 0 saturated heterocycles. The zero-order valence-corrected chi connectivity index (χ0v) is 8.69. The molecule has 0 aliphatic heterocycles. The number of phenolic OH excluding ortho intramolecular Hbond substituents is 1. The highest BCUT2D eigenvalue weighted by molar-refractivity contribution is 5.96. The highest BCUT2D eigenvalue weighted by Crippen LogP contribution is 2.14. The quantitative estimate of drug-likeness (QED) is 0.715. The minimum atomic E-state index is -0.260. The number of methoxy groups -OCH3 is 1. The molecule has 0 atom stereocenters. The molecule has 1 amide bonds. The van der Waals surface area contributed by atoms with E-state index in [1.807, 2.05) is 0 Å². The molecule has 0 aliphatic carbocycles. The first-order chi connectivity index (χ1) is 7.25. The van der Waals surface area contributed by atoms with Crippen LogP contribution in [0.2, 0.25) is 0 Å². The van der Waals surface area contributed by atoms with Crippen LogP contribution in [-0.4, -0.2) is 31.3 Å². The zero-order valence-electron chi connectivity index (χ0n) is 8.69. The Morgan fingerprint density at radius 2 is 2.20 bits per heavy atom. The number of rotatable bonds is 5. The van der Waals surface area contributed by atoms with E-state index >= 15 is 0 Å². The van der Waals surface area contributed by atoms with Crippen LogP contribution in [0.3, 0.4) is 0 Å². The molecule has 1 rings (SSSR count). The maximum absolute atomic E-state index is 11.5. The molecule has 4 nitrogen and oxygen atoms in total. The average Bonchev–Trinajstić information content (AvgIpc) is 2.25. The summed E-state index contributed by atoms with van der Waals surface area (Å²) in [5.41, 5.74) is 0.301. The van der Waals surface area contributed by atoms with Crippen molar-refractivity contribution in [3.8, 4) is 5.75 Å². The Morgan fingerprint density at radius 1 is 1.47 bits per heavy atom. The van der Waals surface area contributed by atoms with Gasteiger partial charge in [-0.25, -0.2) is 0 Å². The molecular formula is C11H15NO3. The Hall–Kier alpha value is -1.55. The SMILES string of the molecule is COCCCNC(=O)c1ccccc1O. The van der Waals surface area contributed by atoms with Crippen LogP contribution in [-0.2, 0) is 4.74 Å². The van der Waals surface area contributed by atoms with Crippen LogP contribution in [0, 0.1) is 0 Å². The summed E-state index contributed by atoms with van der Waals surface area (Å²) < 4.78 is 4.85. The molecule has 0 saturated carbocycles. The smallest absolute Gasteiger partial charge is 0.255 e. The standard InChI is InChI=1S/C11H15NO3/c1-15-8-4-7-12-11(14)9-5-2-3-6-10(9)13/h2-3,5-6,13H,4,7-8H2,1H3,(H,12,14). The molecule has 0 bridgehead atoms. The molecule has 2 N–H and O–H groups in total. The van der Waals surface area contributed by atoms with Gasteiger partial charge >= 0.3 is 0 Å². The van der Waals surface area contributed by atoms with Crippen molar-refractivity contribution in [2.24, 2.45) is 0 Å². The third-order valence-electron chi connectivity index (χ3n) is 1.96. The van der Waals surface area contributed by atoms with Gasteiger partial charge < -0.3 is 15.2 Å². The molecule has 15 heavy (non-hydrogen) atoms. The van der Waals surface area contributed by atoms with Crippen LogP contribution < -0.4 is 5.32 Å². The largest absolute Gasteiger partial charge is 0.507 e. The summed E-state index contributed by atoms with van der Waals surface area (Å²) >= 11 is 0. The van der Waals surface area contributed by atoms with Crippen LogP contribution in [0.5, 0.6) is 5.75 Å². The summed E-state index contributed by atoms with van der Waals surface area (Å²) in [6, 6.07) is 6.46. The Bertz CT molecular complexity index is 325. The molecule has 0 radical (unpaired) electrons. The molecule has 1 aromatic carbocycles. The lowest BCUT2D eigenvalue weighted by Gasteiger charge is -2.05. The van der Waals surface area contributed by atoms with Crippen molar-refractivity contribution >= 4 is 5.91 Å². The van der Waals surface area contributed by atoms with Crippen LogP contribution in [0.15, 0.2) is 24.3 Å². The molecule has 0 unspecified atom stereocenters. The Morgan fingerprint density at radius 3 is 2.87 bits per heavy atom. The Balaban J connectivity index is 2.44. The second-order valence-electron chi connectivity index (χ2n) is 3.12. The lowest BCUT2D eigenvalue weighted by atomic mass is 10.2. The van der Waals surface area contributed by atoms with E-state index in [1.165, 1.54) is 6.07 Å². The van der Waals surface area contributed by atoms with Crippen LogP contribution in [0.4, 0.5) is 0 Å². The van der Waals surface area contributed by atoms with Gasteiger partial charge in [0.15, 0.2) is 0 Å². The number of phenols is 1. The molecule has 0 fully saturated rings. The number of carbonyl (C=O) groups is 1. The number of aromatic hydroxyl groups is 1. The number of carbonyl (C=O) groups excluding carboxylic acids is 1. The van der Waals surface area contributed by atoms with Gasteiger partial charge in [-0.1, -0.05) is 12.1 Å². The van der Waals surface area contributed by atoms with Gasteiger partial charge in [0.05, 0.1) is 5.56 Å². The van der Waals surface area contributed by atoms with E-state index < -0.39 is 0 Å². The molecular weight excluding hydrogens is 194 g/mol. The first-order valence-corrected chi connectivity index (χ1v) is 4.81. The summed E-state index contributed by atoms with van der Waals surface area (Å²) in [6.07, 6.45) is 0.760. The minimum Gasteiger partial charge on any atom is -0.507 e. The highest BCUT2D eigenvalue weighted by Gasteiger charge is 2.08. The van der Waals surface area contributed by atoms with Crippen LogP contribution in [0.1, 0.15) is 16.8 Å². The molecule has 4 heteroatoms. The number of ether oxygens (including phenoxy) is 1. The van der Waals surface area contributed by atoms with Gasteiger partial charge in [-0.15, -0.1) is 0 Å². The summed E-state index contributed by atoms with van der Waals surface area (Å²) in [7, 11) is 1.62. The number of hydrogen-bond donors (Lipinski definition) is 2. The Kier molecular flexibility index (Phi) is 4.63. The lowest BCUT2D eigenvalue weighted by Crippen LogP contribution is -2.25. The van der Waals surface area contributed by atoms with Gasteiger partial charge in [0.25, 0.3) is 5.91 Å². The summed E-state index contributed by atoms with van der Waals surface area (Å²) in [4.78, 5) is 11.5. The van der Waals surface area contributed by atoms with Gasteiger partial charge in [-0.3, -0.25) is 4.79 Å². The van der Waals surface area contributed by atoms with Gasteiger partial charge in [0.1, 0.15) is 5.75 Å². The fourth-order valence-electron chi connectivity index (χ4n) is 1.18. The third kappa shape index (κ3) is 3.59. The van der Waals surface area contributed by atoms with E-state index in [0.29, 0.717) is 18.7 Å². The summed E-state index contributed by atoms with van der Waals surface area (Å²) in [5, 5.41) is 12.1. The maximum atomic E-state index is 11.5. The molecule has 0 spiro atoms. The summed E-state index contributed by atoms with van der Waals surface area (Å²) in [6.45, 7) is 1.15. The maximum Gasteiger partial charge on any atom is 0.255 e. The molecule has 0 aromatic heterocycles. The van der Waals surface area contributed by atoms with E-state index in [4.69, 9.17) is 4.74 Å². The number of benzene rings is 1. The first kappa shape index (κ1) is 11.5. The van der Waals surface area contributed by atoms with E-state index in [1.54, 1.807) is 25.3 Å². The molecule has 1 aromatic rings. The van der Waals surface area contributed by atoms with Gasteiger partial charge in [0, 0.05) is 20.3 Å². The number of amides is 1. The fourth-order valence-corrected chi connectivity index (χ4v) is 1.18. The van der Waals surface area contributed by atoms with Crippen molar-refractivity contribution in [1.29, 1.82) is 0 Å². The van der Waals surface area contributed by atoms with E-state index in [0.717, 1.165) is 6.42 Å². The van der Waals surface area contributed by atoms with Crippen LogP contribution >= 0.6 is 0 Å². The third-order valence-corrected chi connectivity index (χ3v) is 1.96. The van der Waals surface area contributed by atoms with Gasteiger partial charge in [-0.05, 0) is 18.6 Å². The topological polar surface area (TPSA) is 58.6 Å². The molecule has 0 aliphatic rings. The number of nitrogens with one attached hydrogen (secondary N) is 1. The first-order valence-electron chi connectivity index (χ1n) is 4.81. The van der Waals surface area contributed by atoms with Crippen molar-refractivity contribution < 1.29 is 14.6 Å². The monoisotopic (exact) mass is 209 g/mol. The van der Waals surface area contributed by atoms with Crippen molar-refractivity contribution in [3.05, 3.63) is 29.8 Å². The predicted octanol–water partition coefficient (Wildman–Crippen LogP) is 1.16. The molecule has 82 valence electrons. The Labute approximate surface area is 88.9 Å². The normalized spacial score (nSPS) is 9.93. The summed E-state index contributed by atoms with van der Waals surface area (Å²) in [5.74, 6) is -0.258. The van der Waals surface area contributed by atoms with Crippen molar-refractivity contribution in [2.75, 3.05) is 20.3 Å². The average molecular weight is 209 g/mol. The lowest BCUT2D eigenvalue weighted by molar-refractivity contribution is 0.0946. The predicted molar refractivity (Wildman–Crippen MR) is 56.9 cm³/mol. The van der Waals surface area contributed by atoms with Crippen molar-refractivity contribution in [2.45, 2.75) is 6.42 Å². The minimum absolute atomic E-state index is 0.00161. The second-order valence-corrected chi connectivity index (χ2v) is 3.12. The van der Waals surface area contributed by atoms with Crippen molar-refractivity contribution in [3.63, 3.8) is 0 Å². The van der Waals surface area contributed by atoms with E-state index in [-0.39, 0.29) is 11.7 Å². The fraction of sp³-hybridized carbons (Fsp3) is 0.364. The van der Waals surface area contributed by atoms with Gasteiger partial charge in [-0.2, -0.15) is 0 Å². The van der Waals surface area contributed by atoms with E-state index in [9.17, 15) is 9.90 Å².